The standard InChI is InChI=1S/C47H90N2O4/c1-3-4-5-6-7-8-22-27-32-37-42-53-47(52)40-35-30-25-20-16-10-9-13-17-21-26-31-36-41-49-44(2)43-48-45(49)38-33-28-23-18-14-11-12-15-19-24-29-34-39-46(50)51/h44H,3-43H2,1-2H3,(H,50,51). The highest BCUT2D eigenvalue weighted by Gasteiger charge is 2.22. The van der Waals surface area contributed by atoms with Crippen molar-refractivity contribution in [1.82, 2.24) is 4.90 Å². The van der Waals surface area contributed by atoms with Crippen molar-refractivity contribution in [2.24, 2.45) is 4.99 Å². The predicted molar refractivity (Wildman–Crippen MR) is 228 cm³/mol. The molecule has 1 aliphatic heterocycles. The topological polar surface area (TPSA) is 79.2 Å². The van der Waals surface area contributed by atoms with Crippen LogP contribution in [0.2, 0.25) is 0 Å². The molecule has 0 aromatic carbocycles. The van der Waals surface area contributed by atoms with E-state index in [4.69, 9.17) is 14.8 Å². The fourth-order valence-corrected chi connectivity index (χ4v) is 7.92. The number of amidine groups is 1. The number of rotatable bonds is 42. The van der Waals surface area contributed by atoms with Gasteiger partial charge in [-0.2, -0.15) is 0 Å². The van der Waals surface area contributed by atoms with Crippen LogP contribution in [-0.4, -0.2) is 53.5 Å². The second-order valence-electron chi connectivity index (χ2n) is 16.7. The number of carbonyl (C=O) groups is 2. The van der Waals surface area contributed by atoms with Gasteiger partial charge in [0.2, 0.25) is 0 Å². The molecule has 1 heterocycles. The van der Waals surface area contributed by atoms with Gasteiger partial charge >= 0.3 is 11.9 Å². The number of hydrogen-bond acceptors (Lipinski definition) is 5. The van der Waals surface area contributed by atoms with Crippen LogP contribution in [-0.2, 0) is 14.3 Å². The van der Waals surface area contributed by atoms with E-state index in [0.717, 1.165) is 32.2 Å². The molecule has 6 heteroatoms. The summed E-state index contributed by atoms with van der Waals surface area (Å²) in [4.78, 5) is 30.1. The molecule has 0 spiro atoms. The normalized spacial score (nSPS) is 14.3. The van der Waals surface area contributed by atoms with Crippen LogP contribution >= 0.6 is 0 Å². The highest BCUT2D eigenvalue weighted by Crippen LogP contribution is 2.19. The van der Waals surface area contributed by atoms with E-state index in [2.05, 4.69) is 18.7 Å². The Labute approximate surface area is 329 Å². The first kappa shape index (κ1) is 49.4. The molecule has 0 bridgehead atoms. The maximum atomic E-state index is 12.0. The van der Waals surface area contributed by atoms with E-state index in [1.54, 1.807) is 0 Å². The van der Waals surface area contributed by atoms with Gasteiger partial charge in [-0.1, -0.05) is 200 Å². The van der Waals surface area contributed by atoms with Crippen molar-refractivity contribution in [3.05, 3.63) is 0 Å². The molecule has 1 unspecified atom stereocenters. The fraction of sp³-hybridized carbons (Fsp3) is 0.936. The lowest BCUT2D eigenvalue weighted by molar-refractivity contribution is -0.144. The average Bonchev–Trinajstić information content (AvgIpc) is 3.50. The molecule has 312 valence electrons. The van der Waals surface area contributed by atoms with E-state index >= 15 is 0 Å². The Hall–Kier alpha value is -1.59. The Balaban J connectivity index is 1.81. The highest BCUT2D eigenvalue weighted by molar-refractivity contribution is 5.84. The minimum Gasteiger partial charge on any atom is -0.481 e. The molecule has 1 N–H and O–H groups in total. The maximum absolute atomic E-state index is 12.0. The van der Waals surface area contributed by atoms with Gasteiger partial charge in [0.25, 0.3) is 0 Å². The molecule has 1 atom stereocenters. The molecule has 53 heavy (non-hydrogen) atoms. The lowest BCUT2D eigenvalue weighted by Crippen LogP contribution is -2.35. The number of nitrogens with zero attached hydrogens (tertiary/aromatic N) is 2. The van der Waals surface area contributed by atoms with Crippen molar-refractivity contribution in [2.75, 3.05) is 19.7 Å². The van der Waals surface area contributed by atoms with Gasteiger partial charge in [-0.3, -0.25) is 14.6 Å². The zero-order valence-electron chi connectivity index (χ0n) is 35.6. The summed E-state index contributed by atoms with van der Waals surface area (Å²) in [5.74, 6) is 0.743. The Kier molecular flexibility index (Phi) is 36.1. The summed E-state index contributed by atoms with van der Waals surface area (Å²) in [5, 5.41) is 8.69. The van der Waals surface area contributed by atoms with Gasteiger partial charge in [0, 0.05) is 31.8 Å². The second kappa shape index (κ2) is 38.7. The van der Waals surface area contributed by atoms with E-state index in [9.17, 15) is 9.59 Å². The lowest BCUT2D eigenvalue weighted by Gasteiger charge is -2.25. The van der Waals surface area contributed by atoms with E-state index in [1.807, 2.05) is 0 Å². The monoisotopic (exact) mass is 747 g/mol. The molecule has 0 saturated heterocycles. The molecule has 0 amide bonds. The first-order valence-corrected chi connectivity index (χ1v) is 23.7. The highest BCUT2D eigenvalue weighted by atomic mass is 16.5. The van der Waals surface area contributed by atoms with Crippen molar-refractivity contribution < 1.29 is 19.4 Å². The Morgan fingerprint density at radius 3 is 1.38 bits per heavy atom. The van der Waals surface area contributed by atoms with Gasteiger partial charge in [-0.05, 0) is 39.0 Å². The summed E-state index contributed by atoms with van der Waals surface area (Å²) >= 11 is 0. The van der Waals surface area contributed by atoms with Crippen molar-refractivity contribution in [3.63, 3.8) is 0 Å². The molecule has 0 radical (unpaired) electrons. The molecule has 1 aliphatic rings. The number of carbonyl (C=O) groups excluding carboxylic acids is 1. The Morgan fingerprint density at radius 1 is 0.547 bits per heavy atom. The first-order chi connectivity index (χ1) is 26.0. The zero-order valence-corrected chi connectivity index (χ0v) is 35.6. The minimum atomic E-state index is -0.659. The van der Waals surface area contributed by atoms with E-state index in [1.165, 1.54) is 218 Å². The number of ether oxygens (including phenoxy) is 1. The SMILES string of the molecule is CCCCCCCCCCCCOC(=O)CCCCCCCCCCCCCCCN1C(CCCCCCCCCCCCCCC(=O)O)=NCC1C. The van der Waals surface area contributed by atoms with Crippen molar-refractivity contribution in [3.8, 4) is 0 Å². The molecule has 0 aromatic heterocycles. The zero-order chi connectivity index (χ0) is 38.3. The third kappa shape index (κ3) is 33.5. The van der Waals surface area contributed by atoms with Crippen molar-refractivity contribution in [1.29, 1.82) is 0 Å². The smallest absolute Gasteiger partial charge is 0.305 e. The molecule has 6 nitrogen and oxygen atoms in total. The predicted octanol–water partition coefficient (Wildman–Crippen LogP) is 14.6. The van der Waals surface area contributed by atoms with Crippen molar-refractivity contribution >= 4 is 17.8 Å². The third-order valence-electron chi connectivity index (χ3n) is 11.5. The van der Waals surface area contributed by atoms with E-state index < -0.39 is 5.97 Å². The fourth-order valence-electron chi connectivity index (χ4n) is 7.92. The van der Waals surface area contributed by atoms with Crippen LogP contribution in [0.5, 0.6) is 0 Å². The molecular weight excluding hydrogens is 657 g/mol. The summed E-state index contributed by atoms with van der Waals surface area (Å²) in [6.07, 6.45) is 47.4. The second-order valence-corrected chi connectivity index (χ2v) is 16.7. The first-order valence-electron chi connectivity index (χ1n) is 23.7. The molecule has 0 saturated carbocycles. The Morgan fingerprint density at radius 2 is 0.925 bits per heavy atom. The third-order valence-corrected chi connectivity index (χ3v) is 11.5. The van der Waals surface area contributed by atoms with Gasteiger partial charge in [0.15, 0.2) is 0 Å². The summed E-state index contributed by atoms with van der Waals surface area (Å²) < 4.78 is 5.45. The van der Waals surface area contributed by atoms with Crippen LogP contribution in [0.15, 0.2) is 4.99 Å². The van der Waals surface area contributed by atoms with E-state index in [-0.39, 0.29) is 5.97 Å². The summed E-state index contributed by atoms with van der Waals surface area (Å²) in [6.45, 7) is 7.43. The lowest BCUT2D eigenvalue weighted by atomic mass is 10.0. The molecule has 0 aliphatic carbocycles. The van der Waals surface area contributed by atoms with Gasteiger partial charge < -0.3 is 14.7 Å². The van der Waals surface area contributed by atoms with Crippen LogP contribution in [0.4, 0.5) is 0 Å². The molecule has 0 aromatic rings. The van der Waals surface area contributed by atoms with E-state index in [0.29, 0.717) is 25.5 Å². The average molecular weight is 747 g/mol. The summed E-state index contributed by atoms with van der Waals surface area (Å²) in [5.41, 5.74) is 0. The van der Waals surface area contributed by atoms with Gasteiger partial charge in [0.05, 0.1) is 19.0 Å². The van der Waals surface area contributed by atoms with Gasteiger partial charge in [0.1, 0.15) is 0 Å². The van der Waals surface area contributed by atoms with Gasteiger partial charge in [-0.25, -0.2) is 0 Å². The quantitative estimate of drug-likeness (QED) is 0.0497. The number of carboxylic acid groups (broad SMARTS) is 1. The maximum Gasteiger partial charge on any atom is 0.305 e. The van der Waals surface area contributed by atoms with Crippen molar-refractivity contribution in [2.45, 2.75) is 264 Å². The Bertz CT molecular complexity index is 846. The van der Waals surface area contributed by atoms with Crippen LogP contribution in [0.1, 0.15) is 258 Å². The van der Waals surface area contributed by atoms with Crippen LogP contribution in [0.3, 0.4) is 0 Å². The largest absolute Gasteiger partial charge is 0.481 e. The number of aliphatic imine (C=N–C) groups is 1. The number of hydrogen-bond donors (Lipinski definition) is 1. The van der Waals surface area contributed by atoms with Crippen LogP contribution < -0.4 is 0 Å². The van der Waals surface area contributed by atoms with Crippen LogP contribution in [0.25, 0.3) is 0 Å². The number of aliphatic carboxylic acids is 1. The molecule has 0 fully saturated rings. The molecule has 1 rings (SSSR count). The number of esters is 1. The number of unbranched alkanes of at least 4 members (excludes halogenated alkanes) is 32. The van der Waals surface area contributed by atoms with Crippen LogP contribution in [0, 0.1) is 0 Å². The minimum absolute atomic E-state index is 0.0154. The number of carboxylic acids is 1. The molecular formula is C47H90N2O4. The summed E-state index contributed by atoms with van der Waals surface area (Å²) in [7, 11) is 0. The summed E-state index contributed by atoms with van der Waals surface area (Å²) in [6, 6.07) is 0.586. The van der Waals surface area contributed by atoms with Gasteiger partial charge in [-0.15, -0.1) is 0 Å².